The molecule has 0 saturated carbocycles. The molecule has 0 fully saturated rings. The third-order valence-electron chi connectivity index (χ3n) is 5.29. The van der Waals surface area contributed by atoms with E-state index in [0.29, 0.717) is 17.3 Å². The van der Waals surface area contributed by atoms with Crippen LogP contribution in [0.25, 0.3) is 0 Å². The minimum atomic E-state index is -3.94. The van der Waals surface area contributed by atoms with E-state index in [1.807, 2.05) is 24.3 Å². The topological polar surface area (TPSA) is 69.7 Å². The Morgan fingerprint density at radius 3 is 2.00 bits per heavy atom. The molecule has 0 heterocycles. The van der Waals surface area contributed by atoms with Gasteiger partial charge in [0.05, 0.1) is 10.6 Å². The molecular weight excluding hydrogens is 458 g/mol. The summed E-state index contributed by atoms with van der Waals surface area (Å²) in [7, 11) is -3.94. The van der Waals surface area contributed by atoms with E-state index in [0.717, 1.165) is 28.6 Å². The largest absolute Gasteiger partial charge is 0.372 e. The lowest BCUT2D eigenvalue weighted by atomic mass is 10.2. The van der Waals surface area contributed by atoms with Crippen molar-refractivity contribution in [1.82, 2.24) is 5.32 Å². The minimum absolute atomic E-state index is 0.111. The van der Waals surface area contributed by atoms with Crippen molar-refractivity contribution in [3.8, 4) is 0 Å². The molecule has 0 spiro atoms. The number of hydrogen-bond acceptors (Lipinski definition) is 4. The lowest BCUT2D eigenvalue weighted by Crippen LogP contribution is -2.40. The zero-order valence-corrected chi connectivity index (χ0v) is 20.3. The normalized spacial score (nSPS) is 11.1. The molecule has 3 aromatic rings. The first-order chi connectivity index (χ1) is 15.8. The van der Waals surface area contributed by atoms with Crippen molar-refractivity contribution in [1.29, 1.82) is 0 Å². The van der Waals surface area contributed by atoms with Gasteiger partial charge in [0, 0.05) is 30.3 Å². The van der Waals surface area contributed by atoms with Crippen LogP contribution >= 0.6 is 11.6 Å². The van der Waals surface area contributed by atoms with E-state index >= 15 is 0 Å². The average molecular weight is 486 g/mol. The first kappa shape index (κ1) is 24.6. The molecule has 8 heteroatoms. The quantitative estimate of drug-likeness (QED) is 0.452. The molecule has 0 aliphatic rings. The molecule has 0 unspecified atom stereocenters. The van der Waals surface area contributed by atoms with Crippen LogP contribution in [-0.2, 0) is 21.4 Å². The fraction of sp³-hybridized carbons (Fsp3) is 0.240. The second-order valence-electron chi connectivity index (χ2n) is 7.42. The van der Waals surface area contributed by atoms with E-state index in [-0.39, 0.29) is 11.4 Å². The molecule has 174 valence electrons. The number of carbonyl (C=O) groups excluding carboxylic acids is 1. The fourth-order valence-electron chi connectivity index (χ4n) is 3.44. The summed E-state index contributed by atoms with van der Waals surface area (Å²) in [6, 6.07) is 22.4. The number of rotatable bonds is 10. The Morgan fingerprint density at radius 2 is 1.42 bits per heavy atom. The summed E-state index contributed by atoms with van der Waals surface area (Å²) in [5.41, 5.74) is 2.42. The van der Waals surface area contributed by atoms with Gasteiger partial charge in [-0.05, 0) is 67.9 Å². The molecule has 6 nitrogen and oxygen atoms in total. The number of nitrogens with zero attached hydrogens (tertiary/aromatic N) is 2. The van der Waals surface area contributed by atoms with Crippen LogP contribution in [0.4, 0.5) is 11.4 Å². The van der Waals surface area contributed by atoms with E-state index < -0.39 is 15.9 Å². The summed E-state index contributed by atoms with van der Waals surface area (Å²) in [6.07, 6.45) is 0. The smallest absolute Gasteiger partial charge is 0.264 e. The van der Waals surface area contributed by atoms with Crippen molar-refractivity contribution >= 4 is 38.9 Å². The van der Waals surface area contributed by atoms with Gasteiger partial charge in [0.1, 0.15) is 6.54 Å². The van der Waals surface area contributed by atoms with Crippen molar-refractivity contribution < 1.29 is 13.2 Å². The fourth-order valence-corrected chi connectivity index (χ4v) is 5.01. The SMILES string of the molecule is CCN(CC)c1ccc(CNC(=O)CN(c2ccc(Cl)cc2)S(=O)(=O)c2ccccc2)cc1. The average Bonchev–Trinajstić information content (AvgIpc) is 2.84. The Labute approximate surface area is 200 Å². The number of amides is 1. The van der Waals surface area contributed by atoms with Crippen molar-refractivity contribution in [2.45, 2.75) is 25.3 Å². The van der Waals surface area contributed by atoms with Gasteiger partial charge in [-0.1, -0.05) is 41.9 Å². The maximum Gasteiger partial charge on any atom is 0.264 e. The van der Waals surface area contributed by atoms with Gasteiger partial charge in [-0.2, -0.15) is 0 Å². The molecule has 0 saturated heterocycles. The van der Waals surface area contributed by atoms with Crippen molar-refractivity contribution in [2.24, 2.45) is 0 Å². The molecule has 0 aliphatic carbocycles. The summed E-state index contributed by atoms with van der Waals surface area (Å²) in [5, 5.41) is 3.31. The zero-order chi connectivity index (χ0) is 23.8. The van der Waals surface area contributed by atoms with Crippen molar-refractivity contribution in [3.63, 3.8) is 0 Å². The third kappa shape index (κ3) is 6.27. The van der Waals surface area contributed by atoms with Gasteiger partial charge in [-0.25, -0.2) is 8.42 Å². The standard InChI is InChI=1S/C25H28ClN3O3S/c1-3-28(4-2)22-14-10-20(11-15-22)18-27-25(30)19-29(23-16-12-21(26)13-17-23)33(31,32)24-8-6-5-7-9-24/h5-17H,3-4,18-19H2,1-2H3,(H,27,30). The molecule has 0 aromatic heterocycles. The van der Waals surface area contributed by atoms with Gasteiger partial charge in [-0.3, -0.25) is 9.10 Å². The lowest BCUT2D eigenvalue weighted by molar-refractivity contribution is -0.119. The second kappa shape index (κ2) is 11.2. The Kier molecular flexibility index (Phi) is 8.36. The van der Waals surface area contributed by atoms with E-state index in [1.54, 1.807) is 42.5 Å². The monoisotopic (exact) mass is 485 g/mol. The molecule has 1 N–H and O–H groups in total. The van der Waals surface area contributed by atoms with Crippen LogP contribution in [0.2, 0.25) is 5.02 Å². The maximum absolute atomic E-state index is 13.3. The Bertz CT molecular complexity index is 1150. The highest BCUT2D eigenvalue weighted by Gasteiger charge is 2.27. The molecule has 1 amide bonds. The van der Waals surface area contributed by atoms with Crippen LogP contribution in [0.1, 0.15) is 19.4 Å². The van der Waals surface area contributed by atoms with Crippen LogP contribution < -0.4 is 14.5 Å². The van der Waals surface area contributed by atoms with Gasteiger partial charge in [-0.15, -0.1) is 0 Å². The molecule has 3 aromatic carbocycles. The van der Waals surface area contributed by atoms with Gasteiger partial charge >= 0.3 is 0 Å². The van der Waals surface area contributed by atoms with Crippen molar-refractivity contribution in [2.75, 3.05) is 28.8 Å². The molecule has 0 radical (unpaired) electrons. The van der Waals surface area contributed by atoms with Gasteiger partial charge < -0.3 is 10.2 Å². The third-order valence-corrected chi connectivity index (χ3v) is 7.33. The molecule has 0 atom stereocenters. The van der Waals surface area contributed by atoms with Gasteiger partial charge in [0.15, 0.2) is 0 Å². The lowest BCUT2D eigenvalue weighted by Gasteiger charge is -2.24. The highest BCUT2D eigenvalue weighted by atomic mass is 35.5. The summed E-state index contributed by atoms with van der Waals surface area (Å²) in [4.78, 5) is 15.1. The molecule has 3 rings (SSSR count). The van der Waals surface area contributed by atoms with Crippen LogP contribution in [0, 0.1) is 0 Å². The van der Waals surface area contributed by atoms with Crippen LogP contribution in [-0.4, -0.2) is 34.0 Å². The Balaban J connectivity index is 1.75. The Hall–Kier alpha value is -3.03. The summed E-state index contributed by atoms with van der Waals surface area (Å²) in [5.74, 6) is -0.405. The van der Waals surface area contributed by atoms with Gasteiger partial charge in [0.2, 0.25) is 5.91 Å². The van der Waals surface area contributed by atoms with Crippen LogP contribution in [0.5, 0.6) is 0 Å². The number of sulfonamides is 1. The highest BCUT2D eigenvalue weighted by molar-refractivity contribution is 7.92. The number of hydrogen-bond donors (Lipinski definition) is 1. The summed E-state index contributed by atoms with van der Waals surface area (Å²) < 4.78 is 27.7. The predicted molar refractivity (Wildman–Crippen MR) is 134 cm³/mol. The molecule has 0 aliphatic heterocycles. The van der Waals surface area contributed by atoms with Crippen LogP contribution in [0.3, 0.4) is 0 Å². The first-order valence-corrected chi connectivity index (χ1v) is 12.6. The second-order valence-corrected chi connectivity index (χ2v) is 9.72. The summed E-state index contributed by atoms with van der Waals surface area (Å²) in [6.45, 7) is 6.00. The predicted octanol–water partition coefficient (Wildman–Crippen LogP) is 4.70. The Morgan fingerprint density at radius 1 is 0.848 bits per heavy atom. The molecular formula is C25H28ClN3O3S. The van der Waals surface area contributed by atoms with Crippen LogP contribution in [0.15, 0.2) is 83.8 Å². The number of halogens is 1. The van der Waals surface area contributed by atoms with Crippen molar-refractivity contribution in [3.05, 3.63) is 89.4 Å². The maximum atomic E-state index is 13.3. The number of carbonyl (C=O) groups is 1. The van der Waals surface area contributed by atoms with E-state index in [1.165, 1.54) is 12.1 Å². The van der Waals surface area contributed by atoms with Gasteiger partial charge in [0.25, 0.3) is 10.0 Å². The first-order valence-electron chi connectivity index (χ1n) is 10.8. The highest BCUT2D eigenvalue weighted by Crippen LogP contribution is 2.25. The van der Waals surface area contributed by atoms with E-state index in [9.17, 15) is 13.2 Å². The minimum Gasteiger partial charge on any atom is -0.372 e. The van der Waals surface area contributed by atoms with E-state index in [4.69, 9.17) is 11.6 Å². The number of benzene rings is 3. The zero-order valence-electron chi connectivity index (χ0n) is 18.7. The molecule has 0 bridgehead atoms. The number of nitrogens with one attached hydrogen (secondary N) is 1. The van der Waals surface area contributed by atoms with E-state index in [2.05, 4.69) is 24.1 Å². The number of anilines is 2. The molecule has 33 heavy (non-hydrogen) atoms. The summed E-state index contributed by atoms with van der Waals surface area (Å²) >= 11 is 5.97.